The third-order valence-corrected chi connectivity index (χ3v) is 2.60. The maximum Gasteiger partial charge on any atom is 0.0509 e. The van der Waals surface area contributed by atoms with Crippen LogP contribution in [0.5, 0.6) is 0 Å². The van der Waals surface area contributed by atoms with Crippen molar-refractivity contribution in [1.82, 2.24) is 5.32 Å². The topological polar surface area (TPSA) is 12.0 Å². The molecule has 16 heavy (non-hydrogen) atoms. The van der Waals surface area contributed by atoms with E-state index >= 15 is 0 Å². The Kier molecular flexibility index (Phi) is 5.33. The Labute approximate surface area is 107 Å². The van der Waals surface area contributed by atoms with E-state index in [1.54, 1.807) is 6.07 Å². The van der Waals surface area contributed by atoms with Crippen molar-refractivity contribution < 1.29 is 0 Å². The Bertz CT molecular complexity index is 361. The highest BCUT2D eigenvalue weighted by atomic mass is 35.5. The van der Waals surface area contributed by atoms with Crippen LogP contribution in [0.25, 0.3) is 0 Å². The number of rotatable bonds is 4. The molecular weight excluding hydrogens is 241 g/mol. The van der Waals surface area contributed by atoms with Crippen molar-refractivity contribution in [2.24, 2.45) is 0 Å². The molecule has 88 valence electrons. The lowest BCUT2D eigenvalue weighted by atomic mass is 10.0. The minimum atomic E-state index is 0.172. The lowest BCUT2D eigenvalue weighted by Gasteiger charge is -2.15. The molecule has 0 amide bonds. The summed E-state index contributed by atoms with van der Waals surface area (Å²) in [6, 6.07) is 5.81. The minimum Gasteiger partial charge on any atom is -0.307 e. The predicted octanol–water partition coefficient (Wildman–Crippen LogP) is 4.61. The van der Waals surface area contributed by atoms with Crippen LogP contribution >= 0.6 is 23.2 Å². The fourth-order valence-electron chi connectivity index (χ4n) is 1.58. The molecule has 3 heteroatoms. The van der Waals surface area contributed by atoms with E-state index in [4.69, 9.17) is 23.2 Å². The molecule has 0 fully saturated rings. The summed E-state index contributed by atoms with van der Waals surface area (Å²) in [5, 5.41) is 4.74. The van der Waals surface area contributed by atoms with E-state index in [1.165, 1.54) is 5.57 Å². The molecule has 1 aromatic rings. The van der Waals surface area contributed by atoms with Crippen LogP contribution in [0.2, 0.25) is 10.0 Å². The first-order valence-corrected chi connectivity index (χ1v) is 6.13. The van der Waals surface area contributed by atoms with Gasteiger partial charge in [-0.1, -0.05) is 41.8 Å². The Balaban J connectivity index is 3.05. The normalized spacial score (nSPS) is 12.3. The van der Waals surface area contributed by atoms with Gasteiger partial charge in [0.05, 0.1) is 6.04 Å². The Morgan fingerprint density at radius 3 is 2.25 bits per heavy atom. The van der Waals surface area contributed by atoms with Gasteiger partial charge in [-0.25, -0.2) is 0 Å². The summed E-state index contributed by atoms with van der Waals surface area (Å²) in [5.41, 5.74) is 2.36. The first kappa shape index (κ1) is 13.6. The SMILES string of the molecule is CCNC(C=C(C)C)c1cc(Cl)cc(Cl)c1. The molecule has 0 saturated heterocycles. The second kappa shape index (κ2) is 6.29. The number of likely N-dealkylation sites (N-methyl/N-ethyl adjacent to an activating group) is 1. The average molecular weight is 258 g/mol. The summed E-state index contributed by atoms with van der Waals surface area (Å²) in [7, 11) is 0. The summed E-state index contributed by atoms with van der Waals surface area (Å²) in [6.45, 7) is 7.14. The van der Waals surface area contributed by atoms with E-state index in [9.17, 15) is 0 Å². The minimum absolute atomic E-state index is 0.172. The fraction of sp³-hybridized carbons (Fsp3) is 0.385. The molecule has 1 aromatic carbocycles. The maximum absolute atomic E-state index is 6.00. The standard InChI is InChI=1S/C13H17Cl2N/c1-4-16-13(5-9(2)3)10-6-11(14)8-12(15)7-10/h5-8,13,16H,4H2,1-3H3. The zero-order chi connectivity index (χ0) is 12.1. The van der Waals surface area contributed by atoms with Gasteiger partial charge in [0.15, 0.2) is 0 Å². The van der Waals surface area contributed by atoms with Gasteiger partial charge < -0.3 is 5.32 Å². The van der Waals surface area contributed by atoms with Crippen LogP contribution in [0.1, 0.15) is 32.4 Å². The smallest absolute Gasteiger partial charge is 0.0509 e. The van der Waals surface area contributed by atoms with Crippen LogP contribution < -0.4 is 5.32 Å². The molecule has 1 N–H and O–H groups in total. The summed E-state index contributed by atoms with van der Waals surface area (Å²) < 4.78 is 0. The molecule has 0 spiro atoms. The second-order valence-corrected chi connectivity index (χ2v) is 4.86. The van der Waals surface area contributed by atoms with Crippen LogP contribution in [0.15, 0.2) is 29.8 Å². The maximum atomic E-state index is 6.00. The third-order valence-electron chi connectivity index (χ3n) is 2.17. The zero-order valence-electron chi connectivity index (χ0n) is 9.85. The quantitative estimate of drug-likeness (QED) is 0.777. The second-order valence-electron chi connectivity index (χ2n) is 3.98. The fourth-order valence-corrected chi connectivity index (χ4v) is 2.12. The molecular formula is C13H17Cl2N. The molecule has 1 nitrogen and oxygen atoms in total. The van der Waals surface area contributed by atoms with Crippen LogP contribution in [-0.4, -0.2) is 6.54 Å². The molecule has 0 aromatic heterocycles. The van der Waals surface area contributed by atoms with Crippen molar-refractivity contribution in [3.8, 4) is 0 Å². The van der Waals surface area contributed by atoms with E-state index in [0.29, 0.717) is 10.0 Å². The predicted molar refractivity (Wildman–Crippen MR) is 72.3 cm³/mol. The molecule has 1 unspecified atom stereocenters. The van der Waals surface area contributed by atoms with Crippen molar-refractivity contribution in [3.05, 3.63) is 45.5 Å². The summed E-state index contributed by atoms with van der Waals surface area (Å²) in [6.07, 6.45) is 2.17. The number of allylic oxidation sites excluding steroid dienone is 1. The largest absolute Gasteiger partial charge is 0.307 e. The number of halogens is 2. The zero-order valence-corrected chi connectivity index (χ0v) is 11.4. The molecule has 0 aliphatic carbocycles. The lowest BCUT2D eigenvalue weighted by molar-refractivity contribution is 0.645. The average Bonchev–Trinajstić information content (AvgIpc) is 2.14. The third kappa shape index (κ3) is 4.17. The number of hydrogen-bond acceptors (Lipinski definition) is 1. The van der Waals surface area contributed by atoms with Crippen LogP contribution in [0, 0.1) is 0 Å². The van der Waals surface area contributed by atoms with E-state index < -0.39 is 0 Å². The molecule has 0 aliphatic rings. The van der Waals surface area contributed by atoms with E-state index in [1.807, 2.05) is 12.1 Å². The van der Waals surface area contributed by atoms with E-state index in [2.05, 4.69) is 32.2 Å². The first-order chi connectivity index (χ1) is 7.52. The van der Waals surface area contributed by atoms with Gasteiger partial charge in [0.1, 0.15) is 0 Å². The summed E-state index contributed by atoms with van der Waals surface area (Å²) >= 11 is 12.0. The Morgan fingerprint density at radius 2 is 1.81 bits per heavy atom. The van der Waals surface area contributed by atoms with Crippen molar-refractivity contribution in [2.75, 3.05) is 6.54 Å². The Morgan fingerprint density at radius 1 is 1.25 bits per heavy atom. The molecule has 0 radical (unpaired) electrons. The molecule has 0 bridgehead atoms. The van der Waals surface area contributed by atoms with Gasteiger partial charge in [-0.15, -0.1) is 0 Å². The highest BCUT2D eigenvalue weighted by Gasteiger charge is 2.08. The number of benzene rings is 1. The van der Waals surface area contributed by atoms with Gasteiger partial charge in [-0.05, 0) is 44.2 Å². The van der Waals surface area contributed by atoms with Crippen molar-refractivity contribution in [3.63, 3.8) is 0 Å². The van der Waals surface area contributed by atoms with Crippen LogP contribution in [0.4, 0.5) is 0 Å². The van der Waals surface area contributed by atoms with Crippen molar-refractivity contribution in [1.29, 1.82) is 0 Å². The lowest BCUT2D eigenvalue weighted by Crippen LogP contribution is -2.19. The van der Waals surface area contributed by atoms with E-state index in [-0.39, 0.29) is 6.04 Å². The summed E-state index contributed by atoms with van der Waals surface area (Å²) in [5.74, 6) is 0. The van der Waals surface area contributed by atoms with Crippen LogP contribution in [0.3, 0.4) is 0 Å². The highest BCUT2D eigenvalue weighted by molar-refractivity contribution is 6.34. The monoisotopic (exact) mass is 257 g/mol. The Hall–Kier alpha value is -0.500. The van der Waals surface area contributed by atoms with Gasteiger partial charge in [-0.3, -0.25) is 0 Å². The van der Waals surface area contributed by atoms with Gasteiger partial charge in [0.25, 0.3) is 0 Å². The highest BCUT2D eigenvalue weighted by Crippen LogP contribution is 2.24. The van der Waals surface area contributed by atoms with Crippen molar-refractivity contribution in [2.45, 2.75) is 26.8 Å². The number of nitrogens with one attached hydrogen (secondary N) is 1. The molecule has 0 aliphatic heterocycles. The molecule has 0 saturated carbocycles. The number of hydrogen-bond donors (Lipinski definition) is 1. The van der Waals surface area contributed by atoms with Crippen molar-refractivity contribution >= 4 is 23.2 Å². The van der Waals surface area contributed by atoms with E-state index in [0.717, 1.165) is 12.1 Å². The molecule has 0 heterocycles. The molecule has 1 atom stereocenters. The van der Waals surface area contributed by atoms with Gasteiger partial charge in [-0.2, -0.15) is 0 Å². The van der Waals surface area contributed by atoms with Gasteiger partial charge in [0, 0.05) is 10.0 Å². The molecule has 1 rings (SSSR count). The van der Waals surface area contributed by atoms with Gasteiger partial charge in [0.2, 0.25) is 0 Å². The van der Waals surface area contributed by atoms with Gasteiger partial charge >= 0.3 is 0 Å². The van der Waals surface area contributed by atoms with Crippen LogP contribution in [-0.2, 0) is 0 Å². The first-order valence-electron chi connectivity index (χ1n) is 5.37. The summed E-state index contributed by atoms with van der Waals surface area (Å²) in [4.78, 5) is 0.